The van der Waals surface area contributed by atoms with Crippen molar-refractivity contribution in [2.75, 3.05) is 0 Å². The first kappa shape index (κ1) is 16.3. The molecule has 0 aromatic heterocycles. The maximum atomic E-state index is 9.62. The van der Waals surface area contributed by atoms with Crippen molar-refractivity contribution in [3.8, 4) is 5.75 Å². The number of aryl methyl sites for hydroxylation is 2. The molecule has 0 amide bonds. The summed E-state index contributed by atoms with van der Waals surface area (Å²) in [6.07, 6.45) is 2.10. The molecule has 1 heteroatoms. The van der Waals surface area contributed by atoms with E-state index in [1.165, 1.54) is 27.8 Å². The molecular formula is C23H24O. The summed E-state index contributed by atoms with van der Waals surface area (Å²) in [5, 5.41) is 9.62. The van der Waals surface area contributed by atoms with Crippen LogP contribution in [0.3, 0.4) is 0 Å². The molecule has 1 N–H and O–H groups in total. The van der Waals surface area contributed by atoms with Gasteiger partial charge in [0.15, 0.2) is 0 Å². The molecule has 0 heterocycles. The topological polar surface area (TPSA) is 20.2 Å². The Hall–Kier alpha value is -2.54. The zero-order valence-electron chi connectivity index (χ0n) is 14.4. The van der Waals surface area contributed by atoms with E-state index in [1.807, 2.05) is 12.1 Å². The minimum absolute atomic E-state index is 0.183. The SMILES string of the molecule is CCc1ccc(C(c2ccc(O)cc2)c2ccc(CC)cc2)cc1. The number of phenols is 1. The van der Waals surface area contributed by atoms with E-state index in [4.69, 9.17) is 0 Å². The van der Waals surface area contributed by atoms with Crippen molar-refractivity contribution in [1.82, 2.24) is 0 Å². The van der Waals surface area contributed by atoms with Crippen molar-refractivity contribution in [2.45, 2.75) is 32.6 Å². The third-order valence-corrected chi connectivity index (χ3v) is 4.67. The lowest BCUT2D eigenvalue weighted by molar-refractivity contribution is 0.475. The Labute approximate surface area is 144 Å². The molecule has 24 heavy (non-hydrogen) atoms. The largest absolute Gasteiger partial charge is 0.508 e. The first-order valence-corrected chi connectivity index (χ1v) is 8.68. The first-order chi connectivity index (χ1) is 11.7. The van der Waals surface area contributed by atoms with Crippen molar-refractivity contribution in [3.05, 3.63) is 101 Å². The molecule has 0 saturated heterocycles. The van der Waals surface area contributed by atoms with Gasteiger partial charge in [-0.2, -0.15) is 0 Å². The van der Waals surface area contributed by atoms with Gasteiger partial charge in [0.2, 0.25) is 0 Å². The lowest BCUT2D eigenvalue weighted by Crippen LogP contribution is -2.03. The van der Waals surface area contributed by atoms with Gasteiger partial charge in [-0.3, -0.25) is 0 Å². The van der Waals surface area contributed by atoms with E-state index < -0.39 is 0 Å². The van der Waals surface area contributed by atoms with Crippen molar-refractivity contribution in [1.29, 1.82) is 0 Å². The molecule has 0 radical (unpaired) electrons. The Morgan fingerprint density at radius 1 is 0.583 bits per heavy atom. The molecule has 0 unspecified atom stereocenters. The molecule has 0 fully saturated rings. The molecule has 0 aliphatic rings. The van der Waals surface area contributed by atoms with E-state index in [0.29, 0.717) is 5.75 Å². The van der Waals surface area contributed by atoms with Crippen LogP contribution in [0.2, 0.25) is 0 Å². The predicted octanol–water partition coefficient (Wildman–Crippen LogP) is 5.70. The Bertz CT molecular complexity index is 720. The maximum Gasteiger partial charge on any atom is 0.115 e. The molecule has 3 aromatic rings. The van der Waals surface area contributed by atoms with Crippen LogP contribution in [-0.2, 0) is 12.8 Å². The van der Waals surface area contributed by atoms with E-state index >= 15 is 0 Å². The zero-order chi connectivity index (χ0) is 16.9. The number of hydrogen-bond donors (Lipinski definition) is 1. The van der Waals surface area contributed by atoms with Crippen molar-refractivity contribution in [2.24, 2.45) is 0 Å². The van der Waals surface area contributed by atoms with Gasteiger partial charge in [0.05, 0.1) is 0 Å². The number of aromatic hydroxyl groups is 1. The van der Waals surface area contributed by atoms with Crippen LogP contribution < -0.4 is 0 Å². The third kappa shape index (κ3) is 3.51. The molecule has 0 spiro atoms. The van der Waals surface area contributed by atoms with Crippen LogP contribution in [-0.4, -0.2) is 5.11 Å². The summed E-state index contributed by atoms with van der Waals surface area (Å²) in [4.78, 5) is 0. The van der Waals surface area contributed by atoms with Gasteiger partial charge >= 0.3 is 0 Å². The van der Waals surface area contributed by atoms with Gasteiger partial charge in [0.25, 0.3) is 0 Å². The van der Waals surface area contributed by atoms with Crippen LogP contribution >= 0.6 is 0 Å². The molecule has 0 aliphatic carbocycles. The van der Waals surface area contributed by atoms with E-state index in [2.05, 4.69) is 62.4 Å². The fraction of sp³-hybridized carbons (Fsp3) is 0.217. The smallest absolute Gasteiger partial charge is 0.115 e. The fourth-order valence-corrected chi connectivity index (χ4v) is 3.14. The highest BCUT2D eigenvalue weighted by molar-refractivity contribution is 5.45. The van der Waals surface area contributed by atoms with Gasteiger partial charge in [-0.05, 0) is 52.8 Å². The zero-order valence-corrected chi connectivity index (χ0v) is 14.4. The molecule has 0 atom stereocenters. The standard InChI is InChI=1S/C23H24O/c1-3-17-5-9-19(10-6-17)23(21-13-15-22(24)16-14-21)20-11-7-18(4-2)8-12-20/h5-16,23-24H,3-4H2,1-2H3. The average molecular weight is 316 g/mol. The van der Waals surface area contributed by atoms with Crippen LogP contribution in [0.15, 0.2) is 72.8 Å². The first-order valence-electron chi connectivity index (χ1n) is 8.68. The lowest BCUT2D eigenvalue weighted by Gasteiger charge is -2.20. The van der Waals surface area contributed by atoms with E-state index in [-0.39, 0.29) is 5.92 Å². The molecular weight excluding hydrogens is 292 g/mol. The number of rotatable bonds is 5. The summed E-state index contributed by atoms with van der Waals surface area (Å²) >= 11 is 0. The van der Waals surface area contributed by atoms with Gasteiger partial charge in [-0.25, -0.2) is 0 Å². The van der Waals surface area contributed by atoms with Gasteiger partial charge in [-0.1, -0.05) is 74.5 Å². The molecule has 0 aliphatic heterocycles. The molecule has 3 aromatic carbocycles. The van der Waals surface area contributed by atoms with E-state index in [1.54, 1.807) is 12.1 Å². The van der Waals surface area contributed by atoms with Crippen LogP contribution in [0.5, 0.6) is 5.75 Å². The van der Waals surface area contributed by atoms with Gasteiger partial charge in [-0.15, -0.1) is 0 Å². The number of phenolic OH excluding ortho intramolecular Hbond substituents is 1. The average Bonchev–Trinajstić information content (AvgIpc) is 2.64. The summed E-state index contributed by atoms with van der Waals surface area (Å²) in [5.41, 5.74) is 6.46. The molecule has 1 nitrogen and oxygen atoms in total. The molecule has 3 rings (SSSR count). The summed E-state index contributed by atoms with van der Waals surface area (Å²) in [6, 6.07) is 25.3. The molecule has 0 saturated carbocycles. The van der Waals surface area contributed by atoms with Crippen LogP contribution in [0, 0.1) is 0 Å². The fourth-order valence-electron chi connectivity index (χ4n) is 3.14. The maximum absolute atomic E-state index is 9.62. The summed E-state index contributed by atoms with van der Waals surface area (Å²) < 4.78 is 0. The summed E-state index contributed by atoms with van der Waals surface area (Å²) in [6.45, 7) is 4.35. The predicted molar refractivity (Wildman–Crippen MR) is 101 cm³/mol. The monoisotopic (exact) mass is 316 g/mol. The van der Waals surface area contributed by atoms with Gasteiger partial charge < -0.3 is 5.11 Å². The quantitative estimate of drug-likeness (QED) is 0.599. The van der Waals surface area contributed by atoms with Crippen LogP contribution in [0.1, 0.15) is 47.6 Å². The Kier molecular flexibility index (Phi) is 5.00. The highest BCUT2D eigenvalue weighted by Gasteiger charge is 2.16. The van der Waals surface area contributed by atoms with Gasteiger partial charge in [0.1, 0.15) is 5.75 Å². The second kappa shape index (κ2) is 7.35. The second-order valence-electron chi connectivity index (χ2n) is 6.21. The van der Waals surface area contributed by atoms with Crippen molar-refractivity contribution >= 4 is 0 Å². The second-order valence-corrected chi connectivity index (χ2v) is 6.21. The third-order valence-electron chi connectivity index (χ3n) is 4.67. The summed E-state index contributed by atoms with van der Waals surface area (Å²) in [5.74, 6) is 0.488. The van der Waals surface area contributed by atoms with Crippen LogP contribution in [0.25, 0.3) is 0 Å². The number of hydrogen-bond acceptors (Lipinski definition) is 1. The lowest BCUT2D eigenvalue weighted by atomic mass is 9.84. The van der Waals surface area contributed by atoms with Crippen molar-refractivity contribution < 1.29 is 5.11 Å². The minimum atomic E-state index is 0.183. The van der Waals surface area contributed by atoms with Gasteiger partial charge in [0, 0.05) is 5.92 Å². The molecule has 0 bridgehead atoms. The van der Waals surface area contributed by atoms with Crippen LogP contribution in [0.4, 0.5) is 0 Å². The van der Waals surface area contributed by atoms with Crippen molar-refractivity contribution in [3.63, 3.8) is 0 Å². The summed E-state index contributed by atoms with van der Waals surface area (Å²) in [7, 11) is 0. The highest BCUT2D eigenvalue weighted by atomic mass is 16.3. The Morgan fingerprint density at radius 3 is 1.25 bits per heavy atom. The highest BCUT2D eigenvalue weighted by Crippen LogP contribution is 2.33. The van der Waals surface area contributed by atoms with E-state index in [0.717, 1.165) is 12.8 Å². The normalized spacial score (nSPS) is 11.0. The minimum Gasteiger partial charge on any atom is -0.508 e. The van der Waals surface area contributed by atoms with E-state index in [9.17, 15) is 5.11 Å². The molecule has 122 valence electrons. The Morgan fingerprint density at radius 2 is 0.917 bits per heavy atom. The Balaban J connectivity index is 2.06. The number of benzene rings is 3.